The highest BCUT2D eigenvalue weighted by molar-refractivity contribution is 7.13. The van der Waals surface area contributed by atoms with Crippen molar-refractivity contribution in [3.8, 4) is 33.3 Å². The van der Waals surface area contributed by atoms with Crippen LogP contribution in [0.3, 0.4) is 0 Å². The number of non-ortho nitro benzene ring substituents is 1. The molecule has 1 aliphatic rings. The molecule has 0 bridgehead atoms. The number of nitrogens with zero attached hydrogens (tertiary/aromatic N) is 3. The molecule has 1 aliphatic carbocycles. The molecule has 1 atom stereocenters. The van der Waals surface area contributed by atoms with Gasteiger partial charge in [0.25, 0.3) is 11.2 Å². The minimum absolute atomic E-state index is 0.0360. The summed E-state index contributed by atoms with van der Waals surface area (Å²) in [7, 11) is 1.61. The highest BCUT2D eigenvalue weighted by Gasteiger charge is 2.31. The highest BCUT2D eigenvalue weighted by Crippen LogP contribution is 2.37. The van der Waals surface area contributed by atoms with Crippen LogP contribution < -0.4 is 10.3 Å². The summed E-state index contributed by atoms with van der Waals surface area (Å²) in [4.78, 5) is 43.4. The predicted octanol–water partition coefficient (Wildman–Crippen LogP) is 6.77. The molecular formula is C32H25N3O5S. The van der Waals surface area contributed by atoms with E-state index >= 15 is 0 Å². The fraction of sp³-hybridized carbons (Fsp3) is 0.156. The Morgan fingerprint density at radius 3 is 2.49 bits per heavy atom. The number of nitro groups is 1. The van der Waals surface area contributed by atoms with Crippen molar-refractivity contribution in [3.05, 3.63) is 127 Å². The number of nitro benzene ring substituents is 1. The second kappa shape index (κ2) is 10.6. The molecule has 204 valence electrons. The van der Waals surface area contributed by atoms with Crippen molar-refractivity contribution in [1.82, 2.24) is 9.55 Å². The van der Waals surface area contributed by atoms with Gasteiger partial charge in [-0.25, -0.2) is 4.98 Å². The largest absolute Gasteiger partial charge is 0.497 e. The standard InChI is InChI=1S/C32H25N3O5S/c1-19-6-3-4-9-28(19)34-29-15-22(20-10-12-24(40-2)13-11-20)16-30(36)25(29)17-26(32(34)37)31-33-27(18-41-31)21-7-5-8-23(14-21)35(38)39/h3-14,17-18,22H,15-16H2,1-2H3. The fourth-order valence-corrected chi connectivity index (χ4v) is 6.21. The molecule has 9 heteroatoms. The lowest BCUT2D eigenvalue weighted by Gasteiger charge is -2.28. The zero-order chi connectivity index (χ0) is 28.7. The predicted molar refractivity (Wildman–Crippen MR) is 158 cm³/mol. The summed E-state index contributed by atoms with van der Waals surface area (Å²) >= 11 is 1.27. The average molecular weight is 564 g/mol. The molecule has 2 heterocycles. The molecule has 0 saturated carbocycles. The lowest BCUT2D eigenvalue weighted by Crippen LogP contribution is -2.31. The number of ketones is 1. The van der Waals surface area contributed by atoms with E-state index < -0.39 is 4.92 Å². The first kappa shape index (κ1) is 26.3. The number of carbonyl (C=O) groups excluding carboxylic acids is 1. The minimum atomic E-state index is -0.452. The van der Waals surface area contributed by atoms with Gasteiger partial charge >= 0.3 is 0 Å². The van der Waals surface area contributed by atoms with Crippen molar-refractivity contribution in [3.63, 3.8) is 0 Å². The molecule has 3 aromatic carbocycles. The van der Waals surface area contributed by atoms with Crippen LogP contribution in [-0.2, 0) is 6.42 Å². The quantitative estimate of drug-likeness (QED) is 0.167. The Bertz CT molecular complexity index is 1870. The number of aryl methyl sites for hydroxylation is 1. The van der Waals surface area contributed by atoms with Gasteiger partial charge in [-0.15, -0.1) is 11.3 Å². The molecule has 5 aromatic rings. The number of aromatic nitrogens is 2. The SMILES string of the molecule is COc1ccc(C2CC(=O)c3cc(-c4nc(-c5cccc([N+](=O)[O-])c5)cs4)c(=O)n(-c4ccccc4C)c3C2)cc1. The van der Waals surface area contributed by atoms with E-state index in [1.165, 1.54) is 23.5 Å². The molecule has 0 aliphatic heterocycles. The van der Waals surface area contributed by atoms with E-state index in [0.717, 1.165) is 16.9 Å². The third-order valence-electron chi connectivity index (χ3n) is 7.51. The third-order valence-corrected chi connectivity index (χ3v) is 8.38. The zero-order valence-corrected chi connectivity index (χ0v) is 23.2. The topological polar surface area (TPSA) is 104 Å². The molecule has 41 heavy (non-hydrogen) atoms. The summed E-state index contributed by atoms with van der Waals surface area (Å²) in [6.07, 6.45) is 0.843. The van der Waals surface area contributed by atoms with Crippen LogP contribution in [0.1, 0.15) is 39.5 Å². The van der Waals surface area contributed by atoms with Crippen molar-refractivity contribution in [2.75, 3.05) is 7.11 Å². The molecule has 0 radical (unpaired) electrons. The summed E-state index contributed by atoms with van der Waals surface area (Å²) < 4.78 is 6.96. The maximum absolute atomic E-state index is 14.2. The van der Waals surface area contributed by atoms with E-state index in [2.05, 4.69) is 4.98 Å². The summed E-state index contributed by atoms with van der Waals surface area (Å²) in [5.41, 5.74) is 4.96. The molecule has 6 rings (SSSR count). The van der Waals surface area contributed by atoms with E-state index in [-0.39, 0.29) is 22.9 Å². The molecule has 0 N–H and O–H groups in total. The Kier molecular flexibility index (Phi) is 6.80. The summed E-state index contributed by atoms with van der Waals surface area (Å²) in [5.74, 6) is 0.624. The van der Waals surface area contributed by atoms with Crippen LogP contribution in [0.4, 0.5) is 5.69 Å². The first-order chi connectivity index (χ1) is 19.8. The summed E-state index contributed by atoms with van der Waals surface area (Å²) in [6, 6.07) is 23.2. The van der Waals surface area contributed by atoms with Crippen LogP contribution in [0, 0.1) is 17.0 Å². The van der Waals surface area contributed by atoms with E-state index in [9.17, 15) is 19.7 Å². The lowest BCUT2D eigenvalue weighted by molar-refractivity contribution is -0.384. The Balaban J connectivity index is 1.49. The number of rotatable bonds is 6. The highest BCUT2D eigenvalue weighted by atomic mass is 32.1. The van der Waals surface area contributed by atoms with Crippen molar-refractivity contribution in [2.24, 2.45) is 0 Å². The van der Waals surface area contributed by atoms with Gasteiger partial charge in [-0.05, 0) is 54.7 Å². The fourth-order valence-electron chi connectivity index (χ4n) is 5.38. The van der Waals surface area contributed by atoms with Gasteiger partial charge < -0.3 is 4.74 Å². The summed E-state index contributed by atoms with van der Waals surface area (Å²) in [5, 5.41) is 13.5. The maximum Gasteiger partial charge on any atom is 0.270 e. The second-order valence-electron chi connectivity index (χ2n) is 9.99. The van der Waals surface area contributed by atoms with E-state index in [0.29, 0.717) is 51.6 Å². The normalized spacial score (nSPS) is 14.5. The molecule has 8 nitrogen and oxygen atoms in total. The molecule has 0 fully saturated rings. The zero-order valence-electron chi connectivity index (χ0n) is 22.4. The van der Waals surface area contributed by atoms with E-state index in [1.54, 1.807) is 35.3 Å². The van der Waals surface area contributed by atoms with Crippen LogP contribution in [0.15, 0.2) is 89.0 Å². The molecule has 0 spiro atoms. The number of ether oxygens (including phenoxy) is 1. The van der Waals surface area contributed by atoms with E-state index in [1.807, 2.05) is 55.5 Å². The van der Waals surface area contributed by atoms with Gasteiger partial charge in [-0.1, -0.05) is 42.5 Å². The second-order valence-corrected chi connectivity index (χ2v) is 10.9. The number of para-hydroxylation sites is 1. The number of thiazole rings is 1. The number of hydrogen-bond donors (Lipinski definition) is 0. The lowest BCUT2D eigenvalue weighted by atomic mass is 9.81. The number of methoxy groups -OCH3 is 1. The Hall–Kier alpha value is -4.89. The van der Waals surface area contributed by atoms with Gasteiger partial charge in [-0.2, -0.15) is 0 Å². The monoisotopic (exact) mass is 563 g/mol. The first-order valence-electron chi connectivity index (χ1n) is 13.1. The van der Waals surface area contributed by atoms with Gasteiger partial charge in [0.15, 0.2) is 5.78 Å². The molecule has 0 saturated heterocycles. The molecule has 1 unspecified atom stereocenters. The average Bonchev–Trinajstić information content (AvgIpc) is 3.48. The number of carbonyl (C=O) groups is 1. The number of fused-ring (bicyclic) bond motifs is 1. The van der Waals surface area contributed by atoms with Crippen molar-refractivity contribution >= 4 is 22.8 Å². The van der Waals surface area contributed by atoms with Gasteiger partial charge in [0.1, 0.15) is 10.8 Å². The van der Waals surface area contributed by atoms with Crippen LogP contribution in [0.2, 0.25) is 0 Å². The molecule has 0 amide bonds. The van der Waals surface area contributed by atoms with E-state index in [4.69, 9.17) is 4.74 Å². The van der Waals surface area contributed by atoms with Gasteiger partial charge in [-0.3, -0.25) is 24.3 Å². The Labute approximate surface area is 239 Å². The van der Waals surface area contributed by atoms with Gasteiger partial charge in [0.05, 0.1) is 29.0 Å². The number of hydrogen-bond acceptors (Lipinski definition) is 7. The number of Topliss-reactive ketones (excluding diaryl/α,β-unsaturated/α-hetero) is 1. The van der Waals surface area contributed by atoms with Gasteiger partial charge in [0.2, 0.25) is 0 Å². The molecular weight excluding hydrogens is 538 g/mol. The van der Waals surface area contributed by atoms with Crippen molar-refractivity contribution in [2.45, 2.75) is 25.7 Å². The number of benzene rings is 3. The van der Waals surface area contributed by atoms with Crippen molar-refractivity contribution in [1.29, 1.82) is 0 Å². The first-order valence-corrected chi connectivity index (χ1v) is 13.9. The van der Waals surface area contributed by atoms with Crippen LogP contribution in [0.5, 0.6) is 5.75 Å². The minimum Gasteiger partial charge on any atom is -0.497 e. The summed E-state index contributed by atoms with van der Waals surface area (Å²) in [6.45, 7) is 1.94. The van der Waals surface area contributed by atoms with Crippen LogP contribution in [-0.4, -0.2) is 27.4 Å². The maximum atomic E-state index is 14.2. The van der Waals surface area contributed by atoms with Crippen LogP contribution in [0.25, 0.3) is 27.5 Å². The van der Waals surface area contributed by atoms with Crippen molar-refractivity contribution < 1.29 is 14.5 Å². The van der Waals surface area contributed by atoms with Crippen LogP contribution >= 0.6 is 11.3 Å². The Morgan fingerprint density at radius 1 is 0.976 bits per heavy atom. The molecule has 2 aromatic heterocycles. The smallest absolute Gasteiger partial charge is 0.270 e. The Morgan fingerprint density at radius 2 is 1.76 bits per heavy atom. The van der Waals surface area contributed by atoms with Gasteiger partial charge in [0, 0.05) is 40.8 Å². The third kappa shape index (κ3) is 4.85. The number of pyridine rings is 1.